The molecule has 184 valence electrons. The summed E-state index contributed by atoms with van der Waals surface area (Å²) in [7, 11) is -3.26. The molecule has 2 atom stereocenters. The van der Waals surface area contributed by atoms with Crippen LogP contribution in [0.15, 0.2) is 79.0 Å². The van der Waals surface area contributed by atoms with E-state index < -0.39 is 15.6 Å². The fraction of sp³-hybridized carbons (Fsp3) is 0.333. The summed E-state index contributed by atoms with van der Waals surface area (Å²) in [6.07, 6.45) is 4.26. The molecule has 1 fully saturated rings. The van der Waals surface area contributed by atoms with Gasteiger partial charge in [-0.2, -0.15) is 0 Å². The largest absolute Gasteiger partial charge is 0.438 e. The third-order valence-electron chi connectivity index (χ3n) is 6.52. The molecule has 1 aromatic heterocycles. The van der Waals surface area contributed by atoms with Gasteiger partial charge in [-0.25, -0.2) is 17.9 Å². The minimum Gasteiger partial charge on any atom is -0.438 e. The molecule has 1 aliphatic heterocycles. The third kappa shape index (κ3) is 6.07. The molecule has 0 bridgehead atoms. The van der Waals surface area contributed by atoms with Gasteiger partial charge in [-0.15, -0.1) is 0 Å². The Kier molecular flexibility index (Phi) is 7.52. The monoisotopic (exact) mass is 493 g/mol. The van der Waals surface area contributed by atoms with E-state index in [1.54, 1.807) is 11.1 Å². The van der Waals surface area contributed by atoms with Gasteiger partial charge in [0.05, 0.1) is 18.0 Å². The Balaban J connectivity index is 1.47. The van der Waals surface area contributed by atoms with Crippen molar-refractivity contribution in [3.63, 3.8) is 0 Å². The van der Waals surface area contributed by atoms with Gasteiger partial charge in [-0.1, -0.05) is 60.7 Å². The standard InChI is InChI=1S/C27H31N3O4S/c1-21(22-12-14-23(15-13-22)25-11-6-7-18-28-25)30-20-17-27(34-26(30)31,24-9-4-3-5-10-24)16-8-19-29-35(2,32)33/h3-7,9-15,18,21,29H,8,16-17,19-20H2,1-2H3/t21-,27?/m0/s1. The number of hydrogen-bond acceptors (Lipinski definition) is 5. The Morgan fingerprint density at radius 3 is 2.40 bits per heavy atom. The van der Waals surface area contributed by atoms with Gasteiger partial charge in [0.2, 0.25) is 10.0 Å². The van der Waals surface area contributed by atoms with Gasteiger partial charge < -0.3 is 9.64 Å². The van der Waals surface area contributed by atoms with Crippen molar-refractivity contribution >= 4 is 16.1 Å². The van der Waals surface area contributed by atoms with Crippen LogP contribution in [0.25, 0.3) is 11.3 Å². The second kappa shape index (κ2) is 10.6. The van der Waals surface area contributed by atoms with Crippen LogP contribution in [-0.4, -0.2) is 43.7 Å². The highest BCUT2D eigenvalue weighted by Gasteiger charge is 2.43. The quantitative estimate of drug-likeness (QED) is 0.429. The third-order valence-corrected chi connectivity index (χ3v) is 7.25. The highest BCUT2D eigenvalue weighted by Crippen LogP contribution is 2.40. The van der Waals surface area contributed by atoms with E-state index in [0.29, 0.717) is 32.4 Å². The smallest absolute Gasteiger partial charge is 0.411 e. The second-order valence-electron chi connectivity index (χ2n) is 8.95. The summed E-state index contributed by atoms with van der Waals surface area (Å²) in [6, 6.07) is 23.5. The summed E-state index contributed by atoms with van der Waals surface area (Å²) in [5.74, 6) is 0. The number of ether oxygens (including phenoxy) is 1. The number of sulfonamides is 1. The second-order valence-corrected chi connectivity index (χ2v) is 10.8. The van der Waals surface area contributed by atoms with Gasteiger partial charge >= 0.3 is 6.09 Å². The Morgan fingerprint density at radius 2 is 1.77 bits per heavy atom. The maximum Gasteiger partial charge on any atom is 0.411 e. The molecule has 1 aliphatic rings. The first-order chi connectivity index (χ1) is 16.8. The van der Waals surface area contributed by atoms with Crippen LogP contribution in [0, 0.1) is 0 Å². The lowest BCUT2D eigenvalue weighted by molar-refractivity contribution is -0.0662. The van der Waals surface area contributed by atoms with Crippen LogP contribution < -0.4 is 4.72 Å². The van der Waals surface area contributed by atoms with Crippen molar-refractivity contribution in [2.24, 2.45) is 0 Å². The average Bonchev–Trinajstić information content (AvgIpc) is 2.87. The summed E-state index contributed by atoms with van der Waals surface area (Å²) in [5, 5.41) is 0. The van der Waals surface area contributed by atoms with Crippen molar-refractivity contribution in [1.82, 2.24) is 14.6 Å². The Morgan fingerprint density at radius 1 is 1.06 bits per heavy atom. The molecule has 0 spiro atoms. The number of benzene rings is 2. The highest BCUT2D eigenvalue weighted by molar-refractivity contribution is 7.88. The summed E-state index contributed by atoms with van der Waals surface area (Å²) >= 11 is 0. The van der Waals surface area contributed by atoms with Gasteiger partial charge in [0, 0.05) is 31.3 Å². The molecular weight excluding hydrogens is 462 g/mol. The molecule has 1 N–H and O–H groups in total. The highest BCUT2D eigenvalue weighted by atomic mass is 32.2. The van der Waals surface area contributed by atoms with Gasteiger partial charge in [0.15, 0.2) is 0 Å². The molecule has 3 aromatic rings. The average molecular weight is 494 g/mol. The van der Waals surface area contributed by atoms with Crippen molar-refractivity contribution in [3.05, 3.63) is 90.1 Å². The lowest BCUT2D eigenvalue weighted by Crippen LogP contribution is -2.49. The van der Waals surface area contributed by atoms with Gasteiger partial charge in [0.25, 0.3) is 0 Å². The van der Waals surface area contributed by atoms with Gasteiger partial charge in [0.1, 0.15) is 5.60 Å². The van der Waals surface area contributed by atoms with Crippen LogP contribution in [0.1, 0.15) is 43.4 Å². The first-order valence-electron chi connectivity index (χ1n) is 11.8. The number of rotatable bonds is 9. The summed E-state index contributed by atoms with van der Waals surface area (Å²) in [6.45, 7) is 2.84. The van der Waals surface area contributed by atoms with E-state index in [9.17, 15) is 13.2 Å². The van der Waals surface area contributed by atoms with Crippen LogP contribution in [0.3, 0.4) is 0 Å². The van der Waals surface area contributed by atoms with Crippen molar-refractivity contribution in [2.45, 2.75) is 37.8 Å². The molecule has 0 radical (unpaired) electrons. The minimum absolute atomic E-state index is 0.152. The fourth-order valence-corrected chi connectivity index (χ4v) is 5.08. The van der Waals surface area contributed by atoms with Gasteiger partial charge in [-0.3, -0.25) is 4.98 Å². The number of hydrogen-bond donors (Lipinski definition) is 1. The molecule has 35 heavy (non-hydrogen) atoms. The van der Waals surface area contributed by atoms with E-state index in [2.05, 4.69) is 9.71 Å². The number of nitrogens with zero attached hydrogens (tertiary/aromatic N) is 2. The number of cyclic esters (lactones) is 1. The maximum atomic E-state index is 13.3. The SMILES string of the molecule is C[C@@H](c1ccc(-c2ccccn2)cc1)N1CCC(CCCNS(C)(=O)=O)(c2ccccc2)OC1=O. The van der Waals surface area contributed by atoms with E-state index >= 15 is 0 Å². The molecule has 0 aliphatic carbocycles. The minimum atomic E-state index is -3.26. The number of amides is 1. The molecular formula is C27H31N3O4S. The van der Waals surface area contributed by atoms with E-state index in [4.69, 9.17) is 4.74 Å². The zero-order chi connectivity index (χ0) is 24.9. The van der Waals surface area contributed by atoms with E-state index in [1.807, 2.05) is 79.7 Å². The topological polar surface area (TPSA) is 88.6 Å². The number of aromatic nitrogens is 1. The van der Waals surface area contributed by atoms with E-state index in [0.717, 1.165) is 28.6 Å². The molecule has 2 aromatic carbocycles. The van der Waals surface area contributed by atoms with Crippen LogP contribution >= 0.6 is 0 Å². The lowest BCUT2D eigenvalue weighted by atomic mass is 9.84. The number of pyridine rings is 1. The molecule has 8 heteroatoms. The van der Waals surface area contributed by atoms with E-state index in [-0.39, 0.29) is 12.1 Å². The molecule has 1 saturated heterocycles. The number of carbonyl (C=O) groups excluding carboxylic acids is 1. The Bertz CT molecular complexity index is 1230. The van der Waals surface area contributed by atoms with Crippen LogP contribution in [0.2, 0.25) is 0 Å². The molecule has 2 heterocycles. The molecule has 1 unspecified atom stereocenters. The summed E-state index contributed by atoms with van der Waals surface area (Å²) < 4.78 is 31.5. The maximum absolute atomic E-state index is 13.3. The van der Waals surface area contributed by atoms with Crippen molar-refractivity contribution in [2.75, 3.05) is 19.3 Å². The molecule has 4 rings (SSSR count). The number of nitrogens with one attached hydrogen (secondary N) is 1. The first kappa shape index (κ1) is 24.9. The Labute approximate surface area is 207 Å². The number of carbonyl (C=O) groups is 1. The first-order valence-corrected chi connectivity index (χ1v) is 13.7. The predicted molar refractivity (Wildman–Crippen MR) is 136 cm³/mol. The van der Waals surface area contributed by atoms with Crippen LogP contribution in [0.5, 0.6) is 0 Å². The van der Waals surface area contributed by atoms with Crippen LogP contribution in [-0.2, 0) is 20.4 Å². The van der Waals surface area contributed by atoms with Gasteiger partial charge in [-0.05, 0) is 43.0 Å². The zero-order valence-corrected chi connectivity index (χ0v) is 20.9. The zero-order valence-electron chi connectivity index (χ0n) is 20.1. The molecule has 7 nitrogen and oxygen atoms in total. The van der Waals surface area contributed by atoms with E-state index in [1.165, 1.54) is 0 Å². The summed E-state index contributed by atoms with van der Waals surface area (Å²) in [4.78, 5) is 19.4. The molecule has 1 amide bonds. The molecule has 0 saturated carbocycles. The van der Waals surface area contributed by atoms with Crippen molar-refractivity contribution in [1.29, 1.82) is 0 Å². The van der Waals surface area contributed by atoms with Crippen LogP contribution in [0.4, 0.5) is 4.79 Å². The predicted octanol–water partition coefficient (Wildman–Crippen LogP) is 4.88. The van der Waals surface area contributed by atoms with Crippen molar-refractivity contribution in [3.8, 4) is 11.3 Å². The summed E-state index contributed by atoms with van der Waals surface area (Å²) in [5.41, 5.74) is 3.10. The van der Waals surface area contributed by atoms with Crippen molar-refractivity contribution < 1.29 is 17.9 Å². The lowest BCUT2D eigenvalue weighted by Gasteiger charge is -2.43. The Hall–Kier alpha value is -3.23. The normalized spacial score (nSPS) is 19.3. The fourth-order valence-electron chi connectivity index (χ4n) is 4.56.